The molecule has 4 nitrogen and oxygen atoms in total. The number of hydrogen-bond donors (Lipinski definition) is 2. The Hall–Kier alpha value is -1.12. The number of terminal acetylenes is 1. The molecule has 0 aliphatic rings. The van der Waals surface area contributed by atoms with Crippen molar-refractivity contribution in [3.63, 3.8) is 0 Å². The van der Waals surface area contributed by atoms with E-state index >= 15 is 0 Å². The molecule has 0 radical (unpaired) electrons. The van der Waals surface area contributed by atoms with Crippen LogP contribution in [0.15, 0.2) is 5.03 Å². The van der Waals surface area contributed by atoms with Crippen molar-refractivity contribution >= 4 is 18.4 Å². The molecule has 0 atom stereocenters. The van der Waals surface area contributed by atoms with Gasteiger partial charge in [-0.15, -0.1) is 19.1 Å². The minimum Gasteiger partial charge on any atom is -0.383 e. The summed E-state index contributed by atoms with van der Waals surface area (Å²) in [5.41, 5.74) is 5.64. The van der Waals surface area contributed by atoms with Crippen LogP contribution in [0.5, 0.6) is 0 Å². The molecule has 0 aromatic carbocycles. The molecule has 0 spiro atoms. The zero-order chi connectivity index (χ0) is 9.84. The largest absolute Gasteiger partial charge is 0.383 e. The van der Waals surface area contributed by atoms with Gasteiger partial charge in [0.15, 0.2) is 0 Å². The third kappa shape index (κ3) is 2.17. The van der Waals surface area contributed by atoms with Crippen LogP contribution in [0.2, 0.25) is 0 Å². The van der Waals surface area contributed by atoms with Gasteiger partial charge in [-0.3, -0.25) is 0 Å². The molecule has 1 rings (SSSR count). The highest BCUT2D eigenvalue weighted by molar-refractivity contribution is 7.80. The van der Waals surface area contributed by atoms with Gasteiger partial charge in [0.05, 0.1) is 0 Å². The van der Waals surface area contributed by atoms with Crippen LogP contribution in [0.25, 0.3) is 0 Å². The van der Waals surface area contributed by atoms with E-state index in [1.807, 2.05) is 0 Å². The third-order valence-corrected chi connectivity index (χ3v) is 1.96. The van der Waals surface area contributed by atoms with E-state index in [1.165, 1.54) is 0 Å². The second kappa shape index (κ2) is 4.21. The van der Waals surface area contributed by atoms with Crippen molar-refractivity contribution in [2.24, 2.45) is 7.05 Å². The Kier molecular flexibility index (Phi) is 3.23. The molecular formula is C8H11N3OS. The van der Waals surface area contributed by atoms with Gasteiger partial charge >= 0.3 is 0 Å². The number of ether oxygens (including phenoxy) is 1. The van der Waals surface area contributed by atoms with E-state index in [4.69, 9.17) is 16.9 Å². The molecule has 0 saturated carbocycles. The van der Waals surface area contributed by atoms with Gasteiger partial charge < -0.3 is 15.0 Å². The first kappa shape index (κ1) is 9.96. The minimum atomic E-state index is 0.272. The second-order valence-corrected chi connectivity index (χ2v) is 2.92. The van der Waals surface area contributed by atoms with E-state index in [0.29, 0.717) is 17.5 Å². The molecule has 5 heteroatoms. The highest BCUT2D eigenvalue weighted by Crippen LogP contribution is 2.16. The number of nitrogens with zero attached hydrogens (tertiary/aromatic N) is 2. The topological polar surface area (TPSA) is 53.1 Å². The molecule has 1 aromatic rings. The number of hydrogen-bond acceptors (Lipinski definition) is 4. The van der Waals surface area contributed by atoms with E-state index in [1.54, 1.807) is 11.6 Å². The van der Waals surface area contributed by atoms with Crippen LogP contribution in [0.1, 0.15) is 5.82 Å². The average molecular weight is 197 g/mol. The van der Waals surface area contributed by atoms with Crippen LogP contribution in [0.3, 0.4) is 0 Å². The van der Waals surface area contributed by atoms with Crippen LogP contribution in [-0.2, 0) is 18.4 Å². The van der Waals surface area contributed by atoms with Gasteiger partial charge in [0.2, 0.25) is 0 Å². The molecule has 0 aliphatic carbocycles. The summed E-state index contributed by atoms with van der Waals surface area (Å²) in [4.78, 5) is 4.09. The van der Waals surface area contributed by atoms with Crippen molar-refractivity contribution in [2.45, 2.75) is 11.6 Å². The maximum Gasteiger partial charge on any atom is 0.137 e. The zero-order valence-corrected chi connectivity index (χ0v) is 8.21. The van der Waals surface area contributed by atoms with Gasteiger partial charge in [0.1, 0.15) is 29.9 Å². The van der Waals surface area contributed by atoms with E-state index in [9.17, 15) is 0 Å². The SMILES string of the molecule is C#CCOCc1nc(S)c(N)n1C. The number of anilines is 1. The Bertz CT molecular complexity index is 340. The zero-order valence-electron chi connectivity index (χ0n) is 7.32. The second-order valence-electron chi connectivity index (χ2n) is 2.49. The minimum absolute atomic E-state index is 0.272. The number of imidazole rings is 1. The molecule has 1 aromatic heterocycles. The lowest BCUT2D eigenvalue weighted by Gasteiger charge is -2.01. The lowest BCUT2D eigenvalue weighted by Crippen LogP contribution is -2.03. The van der Waals surface area contributed by atoms with Gasteiger partial charge in [0, 0.05) is 7.05 Å². The monoisotopic (exact) mass is 197 g/mol. The van der Waals surface area contributed by atoms with Crippen molar-refractivity contribution in [1.82, 2.24) is 9.55 Å². The number of aromatic nitrogens is 2. The summed E-state index contributed by atoms with van der Waals surface area (Å²) in [5, 5.41) is 0.516. The molecule has 0 aliphatic heterocycles. The molecule has 0 saturated heterocycles. The fourth-order valence-electron chi connectivity index (χ4n) is 0.874. The Morgan fingerprint density at radius 3 is 2.92 bits per heavy atom. The van der Waals surface area contributed by atoms with Crippen molar-refractivity contribution in [1.29, 1.82) is 0 Å². The fourth-order valence-corrected chi connectivity index (χ4v) is 1.14. The Morgan fingerprint density at radius 1 is 1.77 bits per heavy atom. The molecule has 0 unspecified atom stereocenters. The summed E-state index contributed by atoms with van der Waals surface area (Å²) in [6, 6.07) is 0. The molecule has 0 fully saturated rings. The van der Waals surface area contributed by atoms with Crippen LogP contribution >= 0.6 is 12.6 Å². The lowest BCUT2D eigenvalue weighted by atomic mass is 10.6. The molecule has 2 N–H and O–H groups in total. The standard InChI is InChI=1S/C8H11N3OS/c1-3-4-12-5-6-10-8(13)7(9)11(6)2/h1,13H,4-5,9H2,2H3. The van der Waals surface area contributed by atoms with Gasteiger partial charge in [-0.2, -0.15) is 0 Å². The molecule has 1 heterocycles. The quantitative estimate of drug-likeness (QED) is 0.420. The van der Waals surface area contributed by atoms with Gasteiger partial charge in [0.25, 0.3) is 0 Å². The molecular weight excluding hydrogens is 186 g/mol. The molecule has 0 bridgehead atoms. The van der Waals surface area contributed by atoms with E-state index < -0.39 is 0 Å². The van der Waals surface area contributed by atoms with Crippen molar-refractivity contribution in [2.75, 3.05) is 12.3 Å². The lowest BCUT2D eigenvalue weighted by molar-refractivity contribution is 0.145. The van der Waals surface area contributed by atoms with Gasteiger partial charge in [-0.25, -0.2) is 4.98 Å². The van der Waals surface area contributed by atoms with Crippen LogP contribution in [0, 0.1) is 12.3 Å². The molecule has 13 heavy (non-hydrogen) atoms. The molecule has 0 amide bonds. The van der Waals surface area contributed by atoms with Gasteiger partial charge in [-0.05, 0) is 0 Å². The highest BCUT2D eigenvalue weighted by Gasteiger charge is 2.08. The van der Waals surface area contributed by atoms with E-state index in [0.717, 1.165) is 5.82 Å². The summed E-state index contributed by atoms with van der Waals surface area (Å²) < 4.78 is 6.83. The highest BCUT2D eigenvalue weighted by atomic mass is 32.1. The van der Waals surface area contributed by atoms with Crippen LogP contribution in [0.4, 0.5) is 5.82 Å². The number of nitrogens with two attached hydrogens (primary N) is 1. The number of thiol groups is 1. The van der Waals surface area contributed by atoms with Crippen molar-refractivity contribution < 1.29 is 4.74 Å². The summed E-state index contributed by atoms with van der Waals surface area (Å²) >= 11 is 4.08. The Balaban J connectivity index is 2.68. The predicted octanol–water partition coefficient (Wildman–Crippen LogP) is 0.441. The summed E-state index contributed by atoms with van der Waals surface area (Å²) in [7, 11) is 1.80. The average Bonchev–Trinajstić information content (AvgIpc) is 2.34. The van der Waals surface area contributed by atoms with Crippen molar-refractivity contribution in [3.8, 4) is 12.3 Å². The van der Waals surface area contributed by atoms with E-state index in [2.05, 4.69) is 23.5 Å². The third-order valence-electron chi connectivity index (χ3n) is 1.63. The maximum absolute atomic E-state index is 5.64. The maximum atomic E-state index is 5.64. The Morgan fingerprint density at radius 2 is 2.46 bits per heavy atom. The molecule has 70 valence electrons. The Labute approximate surface area is 82.5 Å². The van der Waals surface area contributed by atoms with Crippen molar-refractivity contribution in [3.05, 3.63) is 5.82 Å². The van der Waals surface area contributed by atoms with Crippen LogP contribution in [-0.4, -0.2) is 16.2 Å². The first-order valence-corrected chi connectivity index (χ1v) is 4.12. The summed E-state index contributed by atoms with van der Waals surface area (Å²) in [6.07, 6.45) is 5.02. The van der Waals surface area contributed by atoms with E-state index in [-0.39, 0.29) is 6.61 Å². The number of nitrogen functional groups attached to an aromatic ring is 1. The van der Waals surface area contributed by atoms with Crippen LogP contribution < -0.4 is 5.73 Å². The summed E-state index contributed by atoms with van der Waals surface area (Å²) in [6.45, 7) is 0.625. The smallest absolute Gasteiger partial charge is 0.137 e. The first-order chi connectivity index (χ1) is 6.16. The summed E-state index contributed by atoms with van der Waals surface area (Å²) in [5.74, 6) is 3.62. The number of rotatable bonds is 3. The normalized spacial score (nSPS) is 9.92. The van der Waals surface area contributed by atoms with Gasteiger partial charge in [-0.1, -0.05) is 5.92 Å². The first-order valence-electron chi connectivity index (χ1n) is 3.68. The fraction of sp³-hybridized carbons (Fsp3) is 0.375. The predicted molar refractivity (Wildman–Crippen MR) is 53.4 cm³/mol.